The van der Waals surface area contributed by atoms with Crippen LogP contribution in [0.5, 0.6) is 0 Å². The van der Waals surface area contributed by atoms with Crippen molar-refractivity contribution in [3.63, 3.8) is 0 Å². The highest BCUT2D eigenvalue weighted by molar-refractivity contribution is 4.95. The number of hydrogen-bond acceptors (Lipinski definition) is 5. The summed E-state index contributed by atoms with van der Waals surface area (Å²) in [4.78, 5) is 4.33. The van der Waals surface area contributed by atoms with Gasteiger partial charge in [0, 0.05) is 7.11 Å². The Kier molecular flexibility index (Phi) is 5.58. The van der Waals surface area contributed by atoms with Gasteiger partial charge in [0.2, 0.25) is 11.7 Å². The van der Waals surface area contributed by atoms with Gasteiger partial charge in [0.25, 0.3) is 0 Å². The number of nitrogens with zero attached hydrogens (tertiary/aromatic N) is 2. The lowest BCUT2D eigenvalue weighted by atomic mass is 10.0. The first-order chi connectivity index (χ1) is 8.08. The zero-order valence-corrected chi connectivity index (χ0v) is 11.1. The Hall–Kier alpha value is -0.940. The molecular formula is C12H23N3O2. The van der Waals surface area contributed by atoms with Gasteiger partial charge >= 0.3 is 0 Å². The van der Waals surface area contributed by atoms with E-state index in [1.54, 1.807) is 7.11 Å². The normalized spacial score (nSPS) is 15.2. The molecule has 2 N–H and O–H groups in total. The van der Waals surface area contributed by atoms with Gasteiger partial charge in [-0.3, -0.25) is 0 Å². The molecule has 1 rings (SSSR count). The van der Waals surface area contributed by atoms with Crippen molar-refractivity contribution >= 4 is 0 Å². The van der Waals surface area contributed by atoms with Crippen LogP contribution in [0.4, 0.5) is 0 Å². The molecular weight excluding hydrogens is 218 g/mol. The van der Waals surface area contributed by atoms with E-state index in [2.05, 4.69) is 30.9 Å². The van der Waals surface area contributed by atoms with Crippen LogP contribution in [0.2, 0.25) is 0 Å². The molecule has 0 spiro atoms. The van der Waals surface area contributed by atoms with Gasteiger partial charge in [-0.25, -0.2) is 0 Å². The molecule has 0 aromatic carbocycles. The lowest BCUT2D eigenvalue weighted by Crippen LogP contribution is -2.13. The molecule has 0 saturated carbocycles. The quantitative estimate of drug-likeness (QED) is 0.794. The van der Waals surface area contributed by atoms with Crippen LogP contribution >= 0.6 is 0 Å². The molecule has 0 saturated heterocycles. The predicted molar refractivity (Wildman–Crippen MR) is 65.3 cm³/mol. The van der Waals surface area contributed by atoms with Crippen LogP contribution in [0.1, 0.15) is 63.9 Å². The van der Waals surface area contributed by atoms with Crippen molar-refractivity contribution < 1.29 is 9.26 Å². The third-order valence-electron chi connectivity index (χ3n) is 2.62. The fourth-order valence-electron chi connectivity index (χ4n) is 1.75. The van der Waals surface area contributed by atoms with E-state index in [0.29, 0.717) is 17.6 Å². The summed E-state index contributed by atoms with van der Waals surface area (Å²) in [6.07, 6.45) is 2.64. The maximum atomic E-state index is 5.99. The number of aromatic nitrogens is 2. The summed E-state index contributed by atoms with van der Waals surface area (Å²) in [6.45, 7) is 6.33. The molecule has 1 heterocycles. The summed E-state index contributed by atoms with van der Waals surface area (Å²) < 4.78 is 10.5. The second kappa shape index (κ2) is 6.71. The fraction of sp³-hybridized carbons (Fsp3) is 0.833. The Bertz CT molecular complexity index is 325. The minimum atomic E-state index is -0.185. The zero-order chi connectivity index (χ0) is 12.8. The first-order valence-corrected chi connectivity index (χ1v) is 6.20. The SMILES string of the molecule is CCCC(OC)c1noc([C@@H](N)CC(C)C)n1. The molecule has 98 valence electrons. The average molecular weight is 241 g/mol. The van der Waals surface area contributed by atoms with Gasteiger partial charge in [-0.15, -0.1) is 0 Å². The van der Waals surface area contributed by atoms with Crippen molar-refractivity contribution in [3.8, 4) is 0 Å². The van der Waals surface area contributed by atoms with Crippen molar-refractivity contribution in [2.24, 2.45) is 11.7 Å². The Balaban J connectivity index is 2.69. The van der Waals surface area contributed by atoms with E-state index < -0.39 is 0 Å². The molecule has 0 bridgehead atoms. The maximum absolute atomic E-state index is 5.99. The third kappa shape index (κ3) is 4.09. The van der Waals surface area contributed by atoms with E-state index >= 15 is 0 Å². The first kappa shape index (κ1) is 14.1. The Morgan fingerprint density at radius 1 is 1.41 bits per heavy atom. The molecule has 1 unspecified atom stereocenters. The molecule has 5 nitrogen and oxygen atoms in total. The molecule has 0 aliphatic heterocycles. The number of nitrogens with two attached hydrogens (primary N) is 1. The van der Waals surface area contributed by atoms with Crippen molar-refractivity contribution in [3.05, 3.63) is 11.7 Å². The van der Waals surface area contributed by atoms with Crippen LogP contribution in [0.3, 0.4) is 0 Å². The predicted octanol–water partition coefficient (Wildman–Crippen LogP) is 2.60. The van der Waals surface area contributed by atoms with Crippen LogP contribution in [0.15, 0.2) is 4.52 Å². The molecule has 0 aliphatic rings. The Morgan fingerprint density at radius 3 is 2.65 bits per heavy atom. The molecule has 17 heavy (non-hydrogen) atoms. The third-order valence-corrected chi connectivity index (χ3v) is 2.62. The summed E-state index contributed by atoms with van der Waals surface area (Å²) in [5.41, 5.74) is 5.99. The second-order valence-electron chi connectivity index (χ2n) is 4.74. The molecule has 0 fully saturated rings. The van der Waals surface area contributed by atoms with Crippen molar-refractivity contribution in [2.45, 2.75) is 52.2 Å². The standard InChI is InChI=1S/C12H23N3O2/c1-5-6-10(16-4)11-14-12(17-15-11)9(13)7-8(2)3/h8-10H,5-7,13H2,1-4H3/t9-,10?/m0/s1. The molecule has 1 aromatic rings. The van der Waals surface area contributed by atoms with E-state index in [-0.39, 0.29) is 12.1 Å². The highest BCUT2D eigenvalue weighted by atomic mass is 16.5. The van der Waals surface area contributed by atoms with Crippen LogP contribution in [-0.2, 0) is 4.74 Å². The van der Waals surface area contributed by atoms with Gasteiger partial charge in [0.05, 0.1) is 6.04 Å². The highest BCUT2D eigenvalue weighted by Crippen LogP contribution is 2.22. The van der Waals surface area contributed by atoms with Gasteiger partial charge in [-0.05, 0) is 18.8 Å². The highest BCUT2D eigenvalue weighted by Gasteiger charge is 2.20. The molecule has 5 heteroatoms. The monoisotopic (exact) mass is 241 g/mol. The van der Waals surface area contributed by atoms with E-state index in [4.69, 9.17) is 15.0 Å². The Labute approximate surface area is 103 Å². The van der Waals surface area contributed by atoms with Gasteiger partial charge < -0.3 is 15.0 Å². The number of ether oxygens (including phenoxy) is 1. The summed E-state index contributed by atoms with van der Waals surface area (Å²) in [5.74, 6) is 1.62. The van der Waals surface area contributed by atoms with Crippen molar-refractivity contribution in [2.75, 3.05) is 7.11 Å². The van der Waals surface area contributed by atoms with Gasteiger partial charge in [-0.2, -0.15) is 4.98 Å². The lowest BCUT2D eigenvalue weighted by Gasteiger charge is -2.10. The minimum absolute atomic E-state index is 0.0938. The van der Waals surface area contributed by atoms with E-state index in [9.17, 15) is 0 Å². The summed E-state index contributed by atoms with van der Waals surface area (Å²) in [7, 11) is 1.66. The van der Waals surface area contributed by atoms with E-state index in [1.165, 1.54) is 0 Å². The lowest BCUT2D eigenvalue weighted by molar-refractivity contribution is 0.0854. The number of rotatable bonds is 7. The molecule has 1 aromatic heterocycles. The van der Waals surface area contributed by atoms with E-state index in [1.807, 2.05) is 0 Å². The molecule has 0 radical (unpaired) electrons. The fourth-order valence-corrected chi connectivity index (χ4v) is 1.75. The maximum Gasteiger partial charge on any atom is 0.243 e. The summed E-state index contributed by atoms with van der Waals surface area (Å²) >= 11 is 0. The largest absolute Gasteiger partial charge is 0.373 e. The topological polar surface area (TPSA) is 74.2 Å². The van der Waals surface area contributed by atoms with E-state index in [0.717, 1.165) is 19.3 Å². The van der Waals surface area contributed by atoms with Crippen molar-refractivity contribution in [1.29, 1.82) is 0 Å². The number of methoxy groups -OCH3 is 1. The van der Waals surface area contributed by atoms with Gasteiger partial charge in [-0.1, -0.05) is 32.3 Å². The van der Waals surface area contributed by atoms with Crippen LogP contribution in [0, 0.1) is 5.92 Å². The van der Waals surface area contributed by atoms with Crippen LogP contribution < -0.4 is 5.73 Å². The summed E-state index contributed by atoms with van der Waals surface area (Å²) in [5, 5.41) is 3.94. The minimum Gasteiger partial charge on any atom is -0.373 e. The Morgan fingerprint density at radius 2 is 2.12 bits per heavy atom. The molecule has 0 amide bonds. The van der Waals surface area contributed by atoms with Gasteiger partial charge in [0.1, 0.15) is 6.10 Å². The van der Waals surface area contributed by atoms with Gasteiger partial charge in [0.15, 0.2) is 0 Å². The molecule has 0 aliphatic carbocycles. The summed E-state index contributed by atoms with van der Waals surface area (Å²) in [6, 6.07) is -0.185. The first-order valence-electron chi connectivity index (χ1n) is 6.20. The average Bonchev–Trinajstić information content (AvgIpc) is 2.74. The van der Waals surface area contributed by atoms with Crippen LogP contribution in [0.25, 0.3) is 0 Å². The number of hydrogen-bond donors (Lipinski definition) is 1. The smallest absolute Gasteiger partial charge is 0.243 e. The van der Waals surface area contributed by atoms with Crippen LogP contribution in [-0.4, -0.2) is 17.3 Å². The second-order valence-corrected chi connectivity index (χ2v) is 4.74. The molecule has 2 atom stereocenters. The zero-order valence-electron chi connectivity index (χ0n) is 11.1. The van der Waals surface area contributed by atoms with Crippen molar-refractivity contribution in [1.82, 2.24) is 10.1 Å².